The van der Waals surface area contributed by atoms with Crippen LogP contribution >= 0.6 is 0 Å². The first kappa shape index (κ1) is 13.9. The van der Waals surface area contributed by atoms with Crippen molar-refractivity contribution in [3.05, 3.63) is 0 Å². The molecule has 16 heavy (non-hydrogen) atoms. The van der Waals surface area contributed by atoms with Crippen LogP contribution < -0.4 is 4.72 Å². The number of aliphatic hydroxyl groups excluding tert-OH is 1. The second kappa shape index (κ2) is 5.98. The highest BCUT2D eigenvalue weighted by Crippen LogP contribution is 2.26. The minimum atomic E-state index is -3.33. The first-order valence-electron chi connectivity index (χ1n) is 6.11. The number of aliphatic hydroxyl groups is 1. The van der Waals surface area contributed by atoms with Crippen LogP contribution in [0.1, 0.15) is 46.0 Å². The molecule has 1 atom stereocenters. The molecule has 1 aliphatic rings. The van der Waals surface area contributed by atoms with Gasteiger partial charge in [0.2, 0.25) is 10.0 Å². The Labute approximate surface area is 98.5 Å². The molecule has 0 aromatic rings. The monoisotopic (exact) mass is 249 g/mol. The topological polar surface area (TPSA) is 66.4 Å². The number of hydrogen-bond donors (Lipinski definition) is 2. The van der Waals surface area contributed by atoms with Crippen molar-refractivity contribution in [2.75, 3.05) is 6.61 Å². The Bertz CT molecular complexity index is 294. The largest absolute Gasteiger partial charge is 0.395 e. The van der Waals surface area contributed by atoms with Crippen LogP contribution in [0.4, 0.5) is 0 Å². The highest BCUT2D eigenvalue weighted by molar-refractivity contribution is 7.90. The predicted octanol–water partition coefficient (Wildman–Crippen LogP) is 1.26. The molecule has 1 aliphatic carbocycles. The molecular weight excluding hydrogens is 226 g/mol. The second-order valence-corrected chi connectivity index (χ2v) is 6.91. The van der Waals surface area contributed by atoms with Gasteiger partial charge in [0.15, 0.2) is 0 Å². The number of sulfonamides is 1. The Morgan fingerprint density at radius 1 is 1.31 bits per heavy atom. The predicted molar refractivity (Wildman–Crippen MR) is 64.6 cm³/mol. The van der Waals surface area contributed by atoms with Crippen LogP contribution in [0.15, 0.2) is 0 Å². The lowest BCUT2D eigenvalue weighted by molar-refractivity contribution is 0.288. The van der Waals surface area contributed by atoms with E-state index in [1.807, 2.05) is 0 Å². The van der Waals surface area contributed by atoms with Gasteiger partial charge >= 0.3 is 0 Å². The van der Waals surface area contributed by atoms with Gasteiger partial charge in [-0.15, -0.1) is 0 Å². The van der Waals surface area contributed by atoms with Crippen molar-refractivity contribution < 1.29 is 13.5 Å². The molecular formula is C11H23NO3S. The van der Waals surface area contributed by atoms with Gasteiger partial charge in [0.25, 0.3) is 0 Å². The van der Waals surface area contributed by atoms with Gasteiger partial charge < -0.3 is 5.11 Å². The molecule has 96 valence electrons. The summed E-state index contributed by atoms with van der Waals surface area (Å²) in [6.45, 7) is 3.39. The molecule has 1 rings (SSSR count). The van der Waals surface area contributed by atoms with Crippen LogP contribution in [0.2, 0.25) is 0 Å². The maximum atomic E-state index is 11.7. The third kappa shape index (κ3) is 3.71. The van der Waals surface area contributed by atoms with E-state index in [0.29, 0.717) is 0 Å². The summed E-state index contributed by atoms with van der Waals surface area (Å²) in [5.74, 6) is 0.760. The van der Waals surface area contributed by atoms with Crippen molar-refractivity contribution in [3.8, 4) is 0 Å². The highest BCUT2D eigenvalue weighted by atomic mass is 32.2. The third-order valence-electron chi connectivity index (χ3n) is 3.54. The van der Waals surface area contributed by atoms with E-state index in [9.17, 15) is 8.42 Å². The standard InChI is InChI=1S/C11H23NO3S/c1-3-10-4-6-11(7-5-10)12-16(14,15)9(2)8-13/h9-13H,3-8H2,1-2H3. The van der Waals surface area contributed by atoms with Crippen molar-refractivity contribution in [2.24, 2.45) is 5.92 Å². The smallest absolute Gasteiger partial charge is 0.216 e. The van der Waals surface area contributed by atoms with Crippen LogP contribution in [-0.4, -0.2) is 31.4 Å². The fourth-order valence-corrected chi connectivity index (χ4v) is 3.26. The number of hydrogen-bond acceptors (Lipinski definition) is 3. The van der Waals surface area contributed by atoms with Gasteiger partial charge in [0.05, 0.1) is 11.9 Å². The Morgan fingerprint density at radius 2 is 1.88 bits per heavy atom. The van der Waals surface area contributed by atoms with Crippen molar-refractivity contribution in [1.29, 1.82) is 0 Å². The van der Waals surface area contributed by atoms with Gasteiger partial charge in [0, 0.05) is 6.04 Å². The number of rotatable bonds is 5. The van der Waals surface area contributed by atoms with Crippen LogP contribution in [-0.2, 0) is 10.0 Å². The lowest BCUT2D eigenvalue weighted by Crippen LogP contribution is -2.42. The molecule has 4 nitrogen and oxygen atoms in total. The third-order valence-corrected chi connectivity index (χ3v) is 5.41. The van der Waals surface area contributed by atoms with E-state index in [0.717, 1.165) is 31.6 Å². The lowest BCUT2D eigenvalue weighted by atomic mass is 9.85. The quantitative estimate of drug-likeness (QED) is 0.771. The minimum Gasteiger partial charge on any atom is -0.395 e. The molecule has 0 aliphatic heterocycles. The van der Waals surface area contributed by atoms with Crippen LogP contribution in [0.5, 0.6) is 0 Å². The molecule has 0 bridgehead atoms. The molecule has 0 spiro atoms. The maximum absolute atomic E-state index is 11.7. The normalized spacial score (nSPS) is 28.9. The van der Waals surface area contributed by atoms with Gasteiger partial charge in [-0.2, -0.15) is 0 Å². The van der Waals surface area contributed by atoms with E-state index >= 15 is 0 Å². The molecule has 1 saturated carbocycles. The fraction of sp³-hybridized carbons (Fsp3) is 1.00. The van der Waals surface area contributed by atoms with E-state index in [1.54, 1.807) is 0 Å². The van der Waals surface area contributed by atoms with Gasteiger partial charge in [0.1, 0.15) is 0 Å². The molecule has 0 saturated heterocycles. The Balaban J connectivity index is 2.45. The molecule has 0 aromatic carbocycles. The molecule has 0 aromatic heterocycles. The molecule has 2 N–H and O–H groups in total. The van der Waals surface area contributed by atoms with Crippen molar-refractivity contribution in [3.63, 3.8) is 0 Å². The molecule has 1 fully saturated rings. The molecule has 0 radical (unpaired) electrons. The molecule has 1 unspecified atom stereocenters. The van der Waals surface area contributed by atoms with Crippen LogP contribution in [0.25, 0.3) is 0 Å². The molecule has 5 heteroatoms. The SMILES string of the molecule is CCC1CCC(NS(=O)(=O)C(C)CO)CC1. The average Bonchev–Trinajstić information content (AvgIpc) is 2.28. The number of nitrogens with one attached hydrogen (secondary N) is 1. The summed E-state index contributed by atoms with van der Waals surface area (Å²) < 4.78 is 26.1. The van der Waals surface area contributed by atoms with Crippen LogP contribution in [0.3, 0.4) is 0 Å². The van der Waals surface area contributed by atoms with Crippen molar-refractivity contribution in [1.82, 2.24) is 4.72 Å². The molecule has 0 amide bonds. The first-order chi connectivity index (χ1) is 7.49. The van der Waals surface area contributed by atoms with Gasteiger partial charge in [-0.05, 0) is 38.5 Å². The van der Waals surface area contributed by atoms with E-state index in [-0.39, 0.29) is 12.6 Å². The van der Waals surface area contributed by atoms with E-state index in [4.69, 9.17) is 5.11 Å². The van der Waals surface area contributed by atoms with E-state index in [1.165, 1.54) is 13.3 Å². The average molecular weight is 249 g/mol. The van der Waals surface area contributed by atoms with E-state index < -0.39 is 15.3 Å². The Hall–Kier alpha value is -0.130. The molecule has 0 heterocycles. The zero-order valence-corrected chi connectivity index (χ0v) is 11.0. The first-order valence-corrected chi connectivity index (χ1v) is 7.66. The summed E-state index contributed by atoms with van der Waals surface area (Å²) in [6.07, 6.45) is 5.26. The second-order valence-electron chi connectivity index (χ2n) is 4.78. The fourth-order valence-electron chi connectivity index (χ4n) is 2.14. The zero-order chi connectivity index (χ0) is 12.2. The Kier molecular flexibility index (Phi) is 5.21. The minimum absolute atomic E-state index is 0.0711. The summed E-state index contributed by atoms with van der Waals surface area (Å²) in [5, 5.41) is 8.15. The van der Waals surface area contributed by atoms with Crippen molar-refractivity contribution >= 4 is 10.0 Å². The summed E-state index contributed by atoms with van der Waals surface area (Å²) in [5.41, 5.74) is 0. The lowest BCUT2D eigenvalue weighted by Gasteiger charge is -2.29. The summed E-state index contributed by atoms with van der Waals surface area (Å²) in [7, 11) is -3.33. The summed E-state index contributed by atoms with van der Waals surface area (Å²) >= 11 is 0. The van der Waals surface area contributed by atoms with Gasteiger partial charge in [-0.3, -0.25) is 0 Å². The van der Waals surface area contributed by atoms with Gasteiger partial charge in [-0.25, -0.2) is 13.1 Å². The summed E-state index contributed by atoms with van der Waals surface area (Å²) in [6, 6.07) is 0.0711. The highest BCUT2D eigenvalue weighted by Gasteiger charge is 2.26. The van der Waals surface area contributed by atoms with Crippen LogP contribution in [0, 0.1) is 5.92 Å². The maximum Gasteiger partial charge on any atom is 0.216 e. The van der Waals surface area contributed by atoms with Crippen molar-refractivity contribution in [2.45, 2.75) is 57.2 Å². The van der Waals surface area contributed by atoms with Gasteiger partial charge in [-0.1, -0.05) is 13.3 Å². The summed E-state index contributed by atoms with van der Waals surface area (Å²) in [4.78, 5) is 0. The zero-order valence-electron chi connectivity index (χ0n) is 10.1. The Morgan fingerprint density at radius 3 is 2.31 bits per heavy atom. The van der Waals surface area contributed by atoms with E-state index in [2.05, 4.69) is 11.6 Å².